The molecule has 0 saturated carbocycles. The fraction of sp³-hybridized carbons (Fsp3) is 0.385. The fourth-order valence-corrected chi connectivity index (χ4v) is 5.52. The Labute approximate surface area is 215 Å². The summed E-state index contributed by atoms with van der Waals surface area (Å²) in [6.07, 6.45) is -1.82. The smallest absolute Gasteiger partial charge is 0.417 e. The van der Waals surface area contributed by atoms with Crippen molar-refractivity contribution >= 4 is 17.4 Å². The summed E-state index contributed by atoms with van der Waals surface area (Å²) in [5, 5.41) is -0.382. The van der Waals surface area contributed by atoms with Gasteiger partial charge in [0.25, 0.3) is 0 Å². The SMILES string of the molecule is O=c1nc(OCCc2ccc(Oc3ccc(Cl)c(C(F)(F)F)c3)cc2)cc2n1C[C@@]13CC[C@@H](CN21)OC3. The normalized spacial score (nSPS) is 22.1. The van der Waals surface area contributed by atoms with Gasteiger partial charge in [0.1, 0.15) is 17.3 Å². The number of morpholine rings is 1. The van der Waals surface area contributed by atoms with E-state index < -0.39 is 11.7 Å². The van der Waals surface area contributed by atoms with E-state index in [-0.39, 0.29) is 28.1 Å². The molecular formula is C26H23ClF3N3O4. The molecule has 2 aromatic carbocycles. The molecule has 0 aliphatic carbocycles. The van der Waals surface area contributed by atoms with Gasteiger partial charge in [0.05, 0.1) is 42.0 Å². The average Bonchev–Trinajstić information content (AvgIpc) is 3.21. The average molecular weight is 534 g/mol. The van der Waals surface area contributed by atoms with Gasteiger partial charge in [-0.3, -0.25) is 4.57 Å². The van der Waals surface area contributed by atoms with Crippen molar-refractivity contribution in [3.8, 4) is 17.4 Å². The molecule has 0 unspecified atom stereocenters. The first-order chi connectivity index (χ1) is 17.7. The lowest BCUT2D eigenvalue weighted by Crippen LogP contribution is -2.62. The number of piperidine rings is 1. The van der Waals surface area contributed by atoms with Crippen LogP contribution in [0.4, 0.5) is 19.0 Å². The Balaban J connectivity index is 1.08. The lowest BCUT2D eigenvalue weighted by Gasteiger charge is -2.50. The number of halogens is 4. The molecule has 3 fully saturated rings. The second-order valence-electron chi connectivity index (χ2n) is 9.61. The molecule has 2 bridgehead atoms. The first kappa shape index (κ1) is 24.1. The van der Waals surface area contributed by atoms with Gasteiger partial charge < -0.3 is 19.1 Å². The third-order valence-electron chi connectivity index (χ3n) is 7.22. The van der Waals surface area contributed by atoms with E-state index in [1.807, 2.05) is 6.07 Å². The molecule has 1 spiro atoms. The molecule has 5 heterocycles. The number of ether oxygens (including phenoxy) is 3. The highest BCUT2D eigenvalue weighted by Crippen LogP contribution is 2.44. The minimum Gasteiger partial charge on any atom is -0.477 e. The highest BCUT2D eigenvalue weighted by Gasteiger charge is 2.52. The van der Waals surface area contributed by atoms with Crippen LogP contribution in [0, 0.1) is 0 Å². The van der Waals surface area contributed by atoms with Crippen LogP contribution in [0.1, 0.15) is 24.0 Å². The molecule has 0 amide bonds. The topological polar surface area (TPSA) is 65.8 Å². The molecule has 11 heteroatoms. The van der Waals surface area contributed by atoms with E-state index in [0.29, 0.717) is 37.8 Å². The standard InChI is InChI=1S/C26H23ClF3N3O4/c27-21-6-5-18(11-20(21)26(28,29)30)37-17-3-1-16(2-4-17)8-10-35-22-12-23-32(24(34)31-22)14-25-9-7-19(36-15-25)13-33(23)25/h1-6,11-12,19H,7-10,13-15H2/t19-,25+/m0/s1. The van der Waals surface area contributed by atoms with Gasteiger partial charge in [-0.25, -0.2) is 4.79 Å². The van der Waals surface area contributed by atoms with Gasteiger partial charge in [-0.2, -0.15) is 18.2 Å². The van der Waals surface area contributed by atoms with Crippen molar-refractivity contribution < 1.29 is 27.4 Å². The van der Waals surface area contributed by atoms with Gasteiger partial charge in [0, 0.05) is 19.0 Å². The molecule has 3 saturated heterocycles. The minimum atomic E-state index is -4.57. The highest BCUT2D eigenvalue weighted by atomic mass is 35.5. The summed E-state index contributed by atoms with van der Waals surface area (Å²) in [4.78, 5) is 19.1. The number of hydrogen-bond acceptors (Lipinski definition) is 6. The molecule has 4 aliphatic heterocycles. The third-order valence-corrected chi connectivity index (χ3v) is 7.55. The number of nitrogens with zero attached hydrogens (tertiary/aromatic N) is 3. The summed E-state index contributed by atoms with van der Waals surface area (Å²) in [5.41, 5.74) is -0.499. The number of hydrogen-bond donors (Lipinski definition) is 0. The van der Waals surface area contributed by atoms with E-state index in [9.17, 15) is 18.0 Å². The molecule has 0 radical (unpaired) electrons. The van der Waals surface area contributed by atoms with Crippen LogP contribution < -0.4 is 20.1 Å². The van der Waals surface area contributed by atoms with Crippen LogP contribution in [0.3, 0.4) is 0 Å². The van der Waals surface area contributed by atoms with Crippen LogP contribution in [0.25, 0.3) is 0 Å². The maximum absolute atomic E-state index is 13.1. The first-order valence-corrected chi connectivity index (χ1v) is 12.4. The Morgan fingerprint density at radius 3 is 2.65 bits per heavy atom. The molecule has 7 nitrogen and oxygen atoms in total. The number of aromatic nitrogens is 2. The number of anilines is 1. The number of alkyl halides is 3. The predicted octanol–water partition coefficient (Wildman–Crippen LogP) is 5.08. The summed E-state index contributed by atoms with van der Waals surface area (Å²) >= 11 is 5.66. The lowest BCUT2D eigenvalue weighted by molar-refractivity contribution is -0.137. The number of benzene rings is 2. The summed E-state index contributed by atoms with van der Waals surface area (Å²) in [6.45, 7) is 2.28. The fourth-order valence-electron chi connectivity index (χ4n) is 5.29. The summed E-state index contributed by atoms with van der Waals surface area (Å²) in [5.74, 6) is 1.55. The predicted molar refractivity (Wildman–Crippen MR) is 130 cm³/mol. The van der Waals surface area contributed by atoms with Crippen LogP contribution in [0.2, 0.25) is 5.02 Å². The molecule has 3 aromatic rings. The van der Waals surface area contributed by atoms with E-state index in [2.05, 4.69) is 9.88 Å². The van der Waals surface area contributed by atoms with Gasteiger partial charge in [-0.05, 0) is 48.7 Å². The third kappa shape index (κ3) is 4.53. The molecule has 4 aliphatic rings. The molecule has 0 N–H and O–H groups in total. The van der Waals surface area contributed by atoms with Crippen LogP contribution in [-0.2, 0) is 23.9 Å². The van der Waals surface area contributed by atoms with E-state index in [0.717, 1.165) is 42.9 Å². The van der Waals surface area contributed by atoms with Gasteiger partial charge in [0.15, 0.2) is 0 Å². The van der Waals surface area contributed by atoms with E-state index >= 15 is 0 Å². The van der Waals surface area contributed by atoms with Crippen LogP contribution >= 0.6 is 11.6 Å². The summed E-state index contributed by atoms with van der Waals surface area (Å²) in [7, 11) is 0. The van der Waals surface area contributed by atoms with Crippen molar-refractivity contribution in [2.45, 2.75) is 43.6 Å². The van der Waals surface area contributed by atoms with E-state index in [4.69, 9.17) is 25.8 Å². The maximum Gasteiger partial charge on any atom is 0.417 e. The van der Waals surface area contributed by atoms with E-state index in [1.54, 1.807) is 28.8 Å². The highest BCUT2D eigenvalue weighted by molar-refractivity contribution is 6.31. The Morgan fingerprint density at radius 2 is 1.92 bits per heavy atom. The maximum atomic E-state index is 13.1. The van der Waals surface area contributed by atoms with Crippen molar-refractivity contribution in [1.29, 1.82) is 0 Å². The van der Waals surface area contributed by atoms with Crippen molar-refractivity contribution in [1.82, 2.24) is 9.55 Å². The molecule has 194 valence electrons. The monoisotopic (exact) mass is 533 g/mol. The van der Waals surface area contributed by atoms with Crippen LogP contribution in [-0.4, -0.2) is 41.0 Å². The first-order valence-electron chi connectivity index (χ1n) is 12.0. The van der Waals surface area contributed by atoms with Crippen molar-refractivity contribution in [2.75, 3.05) is 24.7 Å². The van der Waals surface area contributed by atoms with Crippen molar-refractivity contribution in [2.24, 2.45) is 0 Å². The lowest BCUT2D eigenvalue weighted by atomic mass is 9.84. The minimum absolute atomic E-state index is 0.0389. The summed E-state index contributed by atoms with van der Waals surface area (Å²) in [6, 6.07) is 12.2. The van der Waals surface area contributed by atoms with Gasteiger partial charge in [-0.15, -0.1) is 0 Å². The Kier molecular flexibility index (Phi) is 5.83. The molecular weight excluding hydrogens is 511 g/mol. The quantitative estimate of drug-likeness (QED) is 0.440. The molecule has 7 rings (SSSR count). The largest absolute Gasteiger partial charge is 0.477 e. The molecule has 2 atom stereocenters. The Bertz CT molecular complexity index is 1390. The van der Waals surface area contributed by atoms with Gasteiger partial charge in [-0.1, -0.05) is 23.7 Å². The van der Waals surface area contributed by atoms with Gasteiger partial charge in [0.2, 0.25) is 5.88 Å². The zero-order valence-electron chi connectivity index (χ0n) is 19.6. The zero-order chi connectivity index (χ0) is 25.8. The molecule has 37 heavy (non-hydrogen) atoms. The van der Waals surface area contributed by atoms with Crippen molar-refractivity contribution in [3.63, 3.8) is 0 Å². The second-order valence-corrected chi connectivity index (χ2v) is 10.0. The number of fused-ring (bicyclic) bond motifs is 3. The number of rotatable bonds is 6. The van der Waals surface area contributed by atoms with Crippen LogP contribution in [0.5, 0.6) is 17.4 Å². The molecule has 1 aromatic heterocycles. The van der Waals surface area contributed by atoms with E-state index in [1.165, 1.54) is 6.07 Å². The zero-order valence-corrected chi connectivity index (χ0v) is 20.4. The van der Waals surface area contributed by atoms with Gasteiger partial charge >= 0.3 is 11.9 Å². The Hall–Kier alpha value is -3.24. The van der Waals surface area contributed by atoms with Crippen LogP contribution in [0.15, 0.2) is 53.3 Å². The Morgan fingerprint density at radius 1 is 1.14 bits per heavy atom. The summed E-state index contributed by atoms with van der Waals surface area (Å²) < 4.78 is 58.2. The van der Waals surface area contributed by atoms with Crippen molar-refractivity contribution in [3.05, 3.63) is 75.2 Å². The second kappa shape index (κ2) is 8.95.